The molecule has 2 atom stereocenters. The zero-order valence-corrected chi connectivity index (χ0v) is 34.3. The fourth-order valence-electron chi connectivity index (χ4n) is 6.45. The van der Waals surface area contributed by atoms with E-state index in [1.54, 1.807) is 52.8 Å². The van der Waals surface area contributed by atoms with Gasteiger partial charge in [0.05, 0.1) is 4.92 Å². The van der Waals surface area contributed by atoms with Crippen molar-refractivity contribution in [2.75, 3.05) is 18.9 Å². The molecule has 0 unspecified atom stereocenters. The summed E-state index contributed by atoms with van der Waals surface area (Å²) < 4.78 is 15.9. The highest BCUT2D eigenvalue weighted by Gasteiger charge is 2.34. The Balaban J connectivity index is 1.36. The molecular weight excluding hydrogens is 768 g/mol. The van der Waals surface area contributed by atoms with Crippen molar-refractivity contribution in [1.29, 1.82) is 0 Å². The number of non-ortho nitro benzene ring substituents is 1. The molecule has 1 fully saturated rings. The number of anilines is 1. The van der Waals surface area contributed by atoms with E-state index in [2.05, 4.69) is 16.0 Å². The van der Waals surface area contributed by atoms with Crippen LogP contribution in [-0.2, 0) is 46.6 Å². The maximum Gasteiger partial charge on any atom is 0.514 e. The summed E-state index contributed by atoms with van der Waals surface area (Å²) in [5.41, 5.74) is 0.280. The molecule has 59 heavy (non-hydrogen) atoms. The number of amides is 6. The topological polar surface area (TPSA) is 233 Å². The molecule has 6 amide bonds. The van der Waals surface area contributed by atoms with E-state index in [0.29, 0.717) is 49.0 Å². The van der Waals surface area contributed by atoms with Gasteiger partial charge in [0.25, 0.3) is 17.5 Å². The van der Waals surface area contributed by atoms with Crippen LogP contribution in [0.2, 0.25) is 0 Å². The minimum Gasteiger partial charge on any atom is -0.444 e. The first kappa shape index (κ1) is 45.4. The monoisotopic (exact) mass is 820 g/mol. The van der Waals surface area contributed by atoms with Gasteiger partial charge in [0.2, 0.25) is 17.7 Å². The minimum atomic E-state index is -1.08. The number of rotatable bonds is 15. The van der Waals surface area contributed by atoms with E-state index < -0.39 is 46.7 Å². The lowest BCUT2D eigenvalue weighted by Crippen LogP contribution is -2.54. The van der Waals surface area contributed by atoms with E-state index >= 15 is 0 Å². The summed E-state index contributed by atoms with van der Waals surface area (Å²) >= 11 is 0. The number of benzene rings is 2. The van der Waals surface area contributed by atoms with Gasteiger partial charge < -0.3 is 35.1 Å². The van der Waals surface area contributed by atoms with Gasteiger partial charge in [-0.1, -0.05) is 19.9 Å². The van der Waals surface area contributed by atoms with Crippen molar-refractivity contribution >= 4 is 53.2 Å². The lowest BCUT2D eigenvalue weighted by atomic mass is 9.81. The summed E-state index contributed by atoms with van der Waals surface area (Å²) in [6.45, 7) is 10.2. The average Bonchev–Trinajstić information content (AvgIpc) is 3.48. The Bertz CT molecular complexity index is 1930. The highest BCUT2D eigenvalue weighted by atomic mass is 16.7. The zero-order valence-electron chi connectivity index (χ0n) is 34.3. The second-order valence-electron chi connectivity index (χ2n) is 16.0. The van der Waals surface area contributed by atoms with Crippen LogP contribution in [0.15, 0.2) is 54.6 Å². The van der Waals surface area contributed by atoms with Crippen LogP contribution in [0.25, 0.3) is 0 Å². The van der Waals surface area contributed by atoms with Crippen molar-refractivity contribution in [2.45, 2.75) is 98.1 Å². The molecule has 0 saturated heterocycles. The van der Waals surface area contributed by atoms with Crippen LogP contribution in [0.4, 0.5) is 21.0 Å². The second kappa shape index (κ2) is 19.9. The van der Waals surface area contributed by atoms with Gasteiger partial charge in [-0.15, -0.1) is 0 Å². The van der Waals surface area contributed by atoms with Crippen LogP contribution in [0.5, 0.6) is 5.75 Å². The minimum absolute atomic E-state index is 0.0201. The number of imide groups is 1. The van der Waals surface area contributed by atoms with Crippen molar-refractivity contribution in [2.24, 2.45) is 17.8 Å². The number of carbonyl (C=O) groups is 7. The smallest absolute Gasteiger partial charge is 0.444 e. The number of hydrogen-bond acceptors (Lipinski definition) is 12. The number of nitrogens with zero attached hydrogens (tertiary/aromatic N) is 3. The van der Waals surface area contributed by atoms with Crippen molar-refractivity contribution in [3.63, 3.8) is 0 Å². The molecule has 4 rings (SSSR count). The molecule has 2 aliphatic rings. The fourth-order valence-corrected chi connectivity index (χ4v) is 6.45. The molecule has 18 nitrogen and oxygen atoms in total. The normalized spacial score (nSPS) is 17.5. The summed E-state index contributed by atoms with van der Waals surface area (Å²) in [6.07, 6.45) is 3.17. The number of nitro benzene ring substituents is 1. The molecule has 2 aromatic carbocycles. The molecule has 1 heterocycles. The first-order valence-electron chi connectivity index (χ1n) is 19.3. The van der Waals surface area contributed by atoms with Crippen molar-refractivity contribution in [3.8, 4) is 5.75 Å². The van der Waals surface area contributed by atoms with Gasteiger partial charge in [0.1, 0.15) is 30.0 Å². The maximum absolute atomic E-state index is 13.4. The highest BCUT2D eigenvalue weighted by Crippen LogP contribution is 2.30. The third kappa shape index (κ3) is 13.4. The molecule has 0 spiro atoms. The van der Waals surface area contributed by atoms with E-state index in [9.17, 15) is 43.7 Å². The molecule has 2 aromatic rings. The number of carbonyl (C=O) groups excluding carboxylic acids is 7. The predicted molar refractivity (Wildman–Crippen MR) is 212 cm³/mol. The molecule has 1 aliphatic heterocycles. The summed E-state index contributed by atoms with van der Waals surface area (Å²) in [5, 5.41) is 19.2. The largest absolute Gasteiger partial charge is 0.514 e. The van der Waals surface area contributed by atoms with Crippen molar-refractivity contribution in [3.05, 3.63) is 75.9 Å². The molecule has 318 valence electrons. The highest BCUT2D eigenvalue weighted by molar-refractivity contribution is 6.12. The second-order valence-corrected chi connectivity index (χ2v) is 16.0. The summed E-state index contributed by atoms with van der Waals surface area (Å²) in [5.74, 6) is -2.61. The maximum atomic E-state index is 13.4. The van der Waals surface area contributed by atoms with Crippen molar-refractivity contribution in [1.82, 2.24) is 20.4 Å². The van der Waals surface area contributed by atoms with Gasteiger partial charge in [0.15, 0.2) is 0 Å². The van der Waals surface area contributed by atoms with E-state index in [1.165, 1.54) is 60.2 Å². The lowest BCUT2D eigenvalue weighted by molar-refractivity contribution is -0.384. The SMILES string of the molecule is CC(C)[C@H](NC(=O)C1CCC(CN2C(=O)C=CC2=O)CC1)C(=O)N[C@@H](C)C(=O)Nc1ccc(COC(=O)Oc2ccc([N+](=O)[O-])cc2)c(CN(C)C(=O)OC(C)(C)C)c1. The zero-order chi connectivity index (χ0) is 43.6. The van der Waals surface area contributed by atoms with Crippen LogP contribution >= 0.6 is 0 Å². The van der Waals surface area contributed by atoms with E-state index in [-0.39, 0.29) is 60.1 Å². The molecule has 0 radical (unpaired) electrons. The van der Waals surface area contributed by atoms with Gasteiger partial charge in [0, 0.05) is 56.0 Å². The van der Waals surface area contributed by atoms with Gasteiger partial charge in [-0.2, -0.15) is 0 Å². The molecule has 18 heteroatoms. The van der Waals surface area contributed by atoms with E-state index in [1.807, 2.05) is 0 Å². The average molecular weight is 821 g/mol. The summed E-state index contributed by atoms with van der Waals surface area (Å²) in [6, 6.07) is 7.59. The first-order chi connectivity index (χ1) is 27.7. The molecule has 0 aromatic heterocycles. The third-order valence-corrected chi connectivity index (χ3v) is 9.74. The Labute approximate surface area is 342 Å². The fraction of sp³-hybridized carbons (Fsp3) is 0.488. The standard InChI is InChI=1S/C41H52N6O12/c1-24(2)35(44-37(51)27-10-8-26(9-11-27)21-46-33(48)18-19-34(46)49)38(52)42-25(3)36(50)43-30-13-12-28(29(20-30)22-45(7)39(53)59-41(4,5)6)23-57-40(54)58-32-16-14-31(15-17-32)47(55)56/h12-20,24-27,35H,8-11,21-23H2,1-7H3,(H,42,52)(H,43,50)(H,44,51)/t25-,26?,27?,35-/m0/s1. The number of nitrogens with one attached hydrogen (secondary N) is 3. The quantitative estimate of drug-likeness (QED) is 0.0709. The Kier molecular flexibility index (Phi) is 15.3. The van der Waals surface area contributed by atoms with Gasteiger partial charge in [-0.05, 0) is 101 Å². The van der Waals surface area contributed by atoms with E-state index in [4.69, 9.17) is 14.2 Å². The van der Waals surface area contributed by atoms with Crippen LogP contribution in [0.1, 0.15) is 78.4 Å². The molecule has 1 aliphatic carbocycles. The third-order valence-electron chi connectivity index (χ3n) is 9.74. The Morgan fingerprint density at radius 3 is 2.10 bits per heavy atom. The predicted octanol–water partition coefficient (Wildman–Crippen LogP) is 4.99. The number of nitro groups is 1. The summed E-state index contributed by atoms with van der Waals surface area (Å²) in [7, 11) is 1.51. The van der Waals surface area contributed by atoms with Crippen LogP contribution in [0.3, 0.4) is 0 Å². The Morgan fingerprint density at radius 2 is 1.53 bits per heavy atom. The molecule has 3 N–H and O–H groups in total. The molecule has 0 bridgehead atoms. The number of ether oxygens (including phenoxy) is 3. The summed E-state index contributed by atoms with van der Waals surface area (Å²) in [4.78, 5) is 102. The number of hydrogen-bond donors (Lipinski definition) is 3. The van der Waals surface area contributed by atoms with Crippen LogP contribution < -0.4 is 20.7 Å². The Morgan fingerprint density at radius 1 is 0.898 bits per heavy atom. The van der Waals surface area contributed by atoms with Gasteiger partial charge in [-0.3, -0.25) is 39.0 Å². The van der Waals surface area contributed by atoms with Crippen LogP contribution in [0, 0.1) is 27.9 Å². The van der Waals surface area contributed by atoms with E-state index in [0.717, 1.165) is 0 Å². The first-order valence-corrected chi connectivity index (χ1v) is 19.3. The van der Waals surface area contributed by atoms with Gasteiger partial charge in [-0.25, -0.2) is 9.59 Å². The van der Waals surface area contributed by atoms with Crippen LogP contribution in [-0.4, -0.2) is 87.8 Å². The molecule has 1 saturated carbocycles. The molecular formula is C41H52N6O12. The van der Waals surface area contributed by atoms with Gasteiger partial charge >= 0.3 is 12.2 Å². The van der Waals surface area contributed by atoms with Crippen molar-refractivity contribution < 1.29 is 52.7 Å². The Hall–Kier alpha value is -6.33. The lowest BCUT2D eigenvalue weighted by Gasteiger charge is -2.31.